The van der Waals surface area contributed by atoms with Gasteiger partial charge in [0.1, 0.15) is 6.10 Å². The largest absolute Gasteiger partial charge is 0.382 e. The lowest BCUT2D eigenvalue weighted by molar-refractivity contribution is 0.216. The van der Waals surface area contributed by atoms with Gasteiger partial charge in [0.15, 0.2) is 0 Å². The number of thiophene rings is 1. The molecule has 0 fully saturated rings. The second-order valence-corrected chi connectivity index (χ2v) is 4.02. The van der Waals surface area contributed by atoms with Gasteiger partial charge in [-0.05, 0) is 34.5 Å². The summed E-state index contributed by atoms with van der Waals surface area (Å²) in [6.07, 6.45) is 0.895. The smallest absolute Gasteiger partial charge is 0.123 e. The van der Waals surface area contributed by atoms with Crippen molar-refractivity contribution < 1.29 is 5.11 Å². The molecule has 0 aliphatic carbocycles. The van der Waals surface area contributed by atoms with Gasteiger partial charge in [-0.15, -0.1) is 0 Å². The van der Waals surface area contributed by atoms with Gasteiger partial charge < -0.3 is 5.11 Å². The van der Waals surface area contributed by atoms with Gasteiger partial charge in [-0.1, -0.05) is 11.6 Å². The summed E-state index contributed by atoms with van der Waals surface area (Å²) >= 11 is 7.45. The lowest BCUT2D eigenvalue weighted by atomic mass is 10.1. The number of pyridine rings is 1. The highest BCUT2D eigenvalue weighted by Crippen LogP contribution is 2.27. The van der Waals surface area contributed by atoms with Crippen molar-refractivity contribution in [2.45, 2.75) is 6.10 Å². The fraction of sp³-hybridized carbons (Fsp3) is 0.100. The average Bonchev–Trinajstić information content (AvgIpc) is 2.70. The van der Waals surface area contributed by atoms with Crippen molar-refractivity contribution in [2.24, 2.45) is 0 Å². The molecule has 0 saturated heterocycles. The first-order chi connectivity index (χ1) is 6.79. The van der Waals surface area contributed by atoms with Crippen LogP contribution in [0.25, 0.3) is 0 Å². The van der Waals surface area contributed by atoms with Gasteiger partial charge in [0.05, 0.1) is 10.7 Å². The number of hydrogen-bond donors (Lipinski definition) is 1. The number of halogens is 1. The molecule has 0 saturated carbocycles. The maximum atomic E-state index is 9.92. The average molecular weight is 226 g/mol. The molecule has 1 atom stereocenters. The van der Waals surface area contributed by atoms with Gasteiger partial charge in [0, 0.05) is 6.20 Å². The Hall–Kier alpha value is -0.900. The lowest BCUT2D eigenvalue weighted by Crippen LogP contribution is -2.01. The second-order valence-electron chi connectivity index (χ2n) is 2.83. The molecule has 72 valence electrons. The molecule has 0 aliphatic rings. The first-order valence-electron chi connectivity index (χ1n) is 4.09. The number of hydrogen-bond acceptors (Lipinski definition) is 3. The van der Waals surface area contributed by atoms with Crippen molar-refractivity contribution >= 4 is 22.9 Å². The zero-order chi connectivity index (χ0) is 9.97. The van der Waals surface area contributed by atoms with Crippen molar-refractivity contribution in [2.75, 3.05) is 0 Å². The van der Waals surface area contributed by atoms with E-state index in [0.29, 0.717) is 10.7 Å². The molecule has 0 spiro atoms. The van der Waals surface area contributed by atoms with Crippen molar-refractivity contribution in [1.82, 2.24) is 4.98 Å². The minimum absolute atomic E-state index is 0.492. The maximum absolute atomic E-state index is 9.92. The van der Waals surface area contributed by atoms with E-state index >= 15 is 0 Å². The molecule has 14 heavy (non-hydrogen) atoms. The van der Waals surface area contributed by atoms with E-state index in [1.165, 1.54) is 11.3 Å². The van der Waals surface area contributed by atoms with Crippen LogP contribution in [-0.4, -0.2) is 10.1 Å². The summed E-state index contributed by atoms with van der Waals surface area (Å²) in [5.41, 5.74) is 1.34. The molecule has 0 amide bonds. The summed E-state index contributed by atoms with van der Waals surface area (Å²) in [5, 5.41) is 14.2. The van der Waals surface area contributed by atoms with Gasteiger partial charge in [-0.25, -0.2) is 0 Å². The molecule has 4 heteroatoms. The third kappa shape index (κ3) is 1.80. The monoisotopic (exact) mass is 225 g/mol. The Morgan fingerprint density at radius 3 is 2.93 bits per heavy atom. The Kier molecular flexibility index (Phi) is 2.82. The van der Waals surface area contributed by atoms with Gasteiger partial charge in [-0.3, -0.25) is 4.98 Å². The molecule has 1 unspecified atom stereocenters. The Morgan fingerprint density at radius 2 is 2.29 bits per heavy atom. The highest BCUT2D eigenvalue weighted by atomic mass is 35.5. The Bertz CT molecular complexity index is 416. The van der Waals surface area contributed by atoms with Crippen LogP contribution >= 0.6 is 22.9 Å². The predicted molar refractivity (Wildman–Crippen MR) is 57.6 cm³/mol. The second kappa shape index (κ2) is 4.09. The van der Waals surface area contributed by atoms with E-state index in [-0.39, 0.29) is 0 Å². The number of aromatic nitrogens is 1. The lowest BCUT2D eigenvalue weighted by Gasteiger charge is -2.09. The molecule has 2 aromatic heterocycles. The molecular weight excluding hydrogens is 218 g/mol. The summed E-state index contributed by atoms with van der Waals surface area (Å²) in [6, 6.07) is 5.33. The highest BCUT2D eigenvalue weighted by Gasteiger charge is 2.14. The van der Waals surface area contributed by atoms with Crippen LogP contribution in [-0.2, 0) is 0 Å². The highest BCUT2D eigenvalue weighted by molar-refractivity contribution is 7.07. The normalized spacial score (nSPS) is 12.7. The standard InChI is InChI=1S/C10H8ClNOS/c11-8-2-1-4-12-9(8)10(13)7-3-5-14-6-7/h1-6,10,13H. The zero-order valence-electron chi connectivity index (χ0n) is 7.22. The van der Waals surface area contributed by atoms with E-state index in [1.807, 2.05) is 16.8 Å². The van der Waals surface area contributed by atoms with Crippen LogP contribution in [0.4, 0.5) is 0 Å². The zero-order valence-corrected chi connectivity index (χ0v) is 8.79. The van der Waals surface area contributed by atoms with Crippen LogP contribution in [0.1, 0.15) is 17.4 Å². The summed E-state index contributed by atoms with van der Waals surface area (Å²) in [6.45, 7) is 0. The minimum atomic E-state index is -0.727. The SMILES string of the molecule is OC(c1ccsc1)c1ncccc1Cl. The molecular formula is C10H8ClNOS. The molecule has 0 bridgehead atoms. The van der Waals surface area contributed by atoms with Crippen LogP contribution in [0.3, 0.4) is 0 Å². The predicted octanol–water partition coefficient (Wildman–Crippen LogP) is 2.88. The van der Waals surface area contributed by atoms with E-state index in [9.17, 15) is 5.11 Å². The molecule has 1 N–H and O–H groups in total. The Labute approximate surface area is 90.8 Å². The van der Waals surface area contributed by atoms with Crippen LogP contribution in [0, 0.1) is 0 Å². The fourth-order valence-corrected chi connectivity index (χ4v) is 2.09. The van der Waals surface area contributed by atoms with E-state index in [2.05, 4.69) is 4.98 Å². The molecule has 2 rings (SSSR count). The molecule has 2 heterocycles. The summed E-state index contributed by atoms with van der Waals surface area (Å²) in [4.78, 5) is 4.06. The minimum Gasteiger partial charge on any atom is -0.382 e. The van der Waals surface area contributed by atoms with Crippen LogP contribution < -0.4 is 0 Å². The molecule has 0 aromatic carbocycles. The first kappa shape index (κ1) is 9.65. The van der Waals surface area contributed by atoms with Crippen molar-refractivity contribution in [3.63, 3.8) is 0 Å². The van der Waals surface area contributed by atoms with Gasteiger partial charge in [0.25, 0.3) is 0 Å². The molecule has 0 radical (unpaired) electrons. The molecule has 2 nitrogen and oxygen atoms in total. The third-order valence-electron chi connectivity index (χ3n) is 1.90. The number of rotatable bonds is 2. The van der Waals surface area contributed by atoms with Crippen molar-refractivity contribution in [3.05, 3.63) is 51.4 Å². The van der Waals surface area contributed by atoms with Crippen LogP contribution in [0.5, 0.6) is 0 Å². The van der Waals surface area contributed by atoms with E-state index in [1.54, 1.807) is 18.3 Å². The van der Waals surface area contributed by atoms with Gasteiger partial charge in [0.2, 0.25) is 0 Å². The Balaban J connectivity index is 2.37. The van der Waals surface area contributed by atoms with Crippen LogP contribution in [0.15, 0.2) is 35.2 Å². The fourth-order valence-electron chi connectivity index (χ4n) is 1.19. The topological polar surface area (TPSA) is 33.1 Å². The van der Waals surface area contributed by atoms with E-state index in [4.69, 9.17) is 11.6 Å². The third-order valence-corrected chi connectivity index (χ3v) is 2.93. The van der Waals surface area contributed by atoms with Crippen LogP contribution in [0.2, 0.25) is 5.02 Å². The summed E-state index contributed by atoms with van der Waals surface area (Å²) in [5.74, 6) is 0. The van der Waals surface area contributed by atoms with E-state index < -0.39 is 6.10 Å². The molecule has 2 aromatic rings. The number of aliphatic hydroxyl groups excluding tert-OH is 1. The number of nitrogens with zero attached hydrogens (tertiary/aromatic N) is 1. The van der Waals surface area contributed by atoms with Crippen molar-refractivity contribution in [3.8, 4) is 0 Å². The number of aliphatic hydroxyl groups is 1. The van der Waals surface area contributed by atoms with Gasteiger partial charge >= 0.3 is 0 Å². The van der Waals surface area contributed by atoms with Gasteiger partial charge in [-0.2, -0.15) is 11.3 Å². The van der Waals surface area contributed by atoms with E-state index in [0.717, 1.165) is 5.56 Å². The molecule has 0 aliphatic heterocycles. The first-order valence-corrected chi connectivity index (χ1v) is 5.41. The summed E-state index contributed by atoms with van der Waals surface area (Å²) < 4.78 is 0. The summed E-state index contributed by atoms with van der Waals surface area (Å²) in [7, 11) is 0. The van der Waals surface area contributed by atoms with Crippen molar-refractivity contribution in [1.29, 1.82) is 0 Å². The maximum Gasteiger partial charge on any atom is 0.123 e. The quantitative estimate of drug-likeness (QED) is 0.853. The Morgan fingerprint density at radius 1 is 1.43 bits per heavy atom.